The number of carbonyl (C=O) groups is 1. The summed E-state index contributed by atoms with van der Waals surface area (Å²) >= 11 is 0. The maximum atomic E-state index is 13.0. The summed E-state index contributed by atoms with van der Waals surface area (Å²) in [7, 11) is 0. The first-order chi connectivity index (χ1) is 15.2. The molecule has 2 heteroatoms. The summed E-state index contributed by atoms with van der Waals surface area (Å²) in [5.74, 6) is 2.68. The number of aliphatic hydroxyl groups excluding tert-OH is 1. The maximum Gasteiger partial charge on any atom is 0.138 e. The highest BCUT2D eigenvalue weighted by Gasteiger charge is 2.70. The number of Topliss-reactive ketones (excluding diaryl/α,β-unsaturated/α-hetero) is 1. The Morgan fingerprint density at radius 1 is 0.879 bits per heavy atom. The molecule has 0 aliphatic heterocycles. The highest BCUT2D eigenvalue weighted by atomic mass is 16.3. The zero-order chi connectivity index (χ0) is 24.2. The summed E-state index contributed by atoms with van der Waals surface area (Å²) in [4.78, 5) is 13.0. The molecule has 0 amide bonds. The molecule has 0 bridgehead atoms. The van der Waals surface area contributed by atoms with E-state index in [2.05, 4.69) is 48.5 Å². The van der Waals surface area contributed by atoms with Crippen molar-refractivity contribution in [2.24, 2.45) is 56.2 Å². The van der Waals surface area contributed by atoms with E-state index in [0.717, 1.165) is 19.3 Å². The van der Waals surface area contributed by atoms with Crippen LogP contribution in [0.2, 0.25) is 0 Å². The second-order valence-electron chi connectivity index (χ2n) is 15.5. The van der Waals surface area contributed by atoms with Crippen LogP contribution in [0.1, 0.15) is 113 Å². The van der Waals surface area contributed by atoms with Crippen molar-refractivity contribution in [3.05, 3.63) is 12.2 Å². The van der Waals surface area contributed by atoms with Gasteiger partial charge in [0.25, 0.3) is 0 Å². The van der Waals surface area contributed by atoms with Gasteiger partial charge in [0.15, 0.2) is 0 Å². The van der Waals surface area contributed by atoms with Gasteiger partial charge in [-0.3, -0.25) is 4.79 Å². The summed E-state index contributed by atoms with van der Waals surface area (Å²) in [6, 6.07) is 0. The highest BCUT2D eigenvalue weighted by Crippen LogP contribution is 2.77. The molecule has 0 radical (unpaired) electrons. The van der Waals surface area contributed by atoms with Crippen molar-refractivity contribution in [3.8, 4) is 0 Å². The Bertz CT molecular complexity index is 868. The molecule has 0 saturated heterocycles. The van der Waals surface area contributed by atoms with Crippen molar-refractivity contribution >= 4 is 5.78 Å². The molecule has 5 saturated carbocycles. The average molecular weight is 455 g/mol. The standard InChI is InChI=1S/C31H50O2/c1-20-17-23-28(6)11-10-24(33)27(4,5)22(28)9-12-29(23,7)30(8)14-16-31(19-32)15-13-26(2,3)18-21(31)25(20)30/h21-23,25,32H,1,9-19H2,2-8H3/t21?,22?,23?,25?,28-,29+,30+,31+/m0/s1. The molecule has 0 heterocycles. The fourth-order valence-electron chi connectivity index (χ4n) is 11.1. The third-order valence-corrected chi connectivity index (χ3v) is 13.4. The molecular formula is C31H50O2. The van der Waals surface area contributed by atoms with Crippen molar-refractivity contribution in [1.29, 1.82) is 0 Å². The summed E-state index contributed by atoms with van der Waals surface area (Å²) in [6.07, 6.45) is 11.4. The van der Waals surface area contributed by atoms with E-state index in [9.17, 15) is 9.90 Å². The van der Waals surface area contributed by atoms with Crippen LogP contribution < -0.4 is 0 Å². The van der Waals surface area contributed by atoms with Crippen molar-refractivity contribution in [2.75, 3.05) is 6.61 Å². The summed E-state index contributed by atoms with van der Waals surface area (Å²) in [5.41, 5.74) is 2.49. The lowest BCUT2D eigenvalue weighted by atomic mass is 9.31. The largest absolute Gasteiger partial charge is 0.396 e. The van der Waals surface area contributed by atoms with Gasteiger partial charge in [0.05, 0.1) is 0 Å². The van der Waals surface area contributed by atoms with Crippen molar-refractivity contribution in [1.82, 2.24) is 0 Å². The quantitative estimate of drug-likeness (QED) is 0.414. The number of ketones is 1. The van der Waals surface area contributed by atoms with E-state index in [4.69, 9.17) is 6.58 Å². The van der Waals surface area contributed by atoms with Gasteiger partial charge in [0.1, 0.15) is 5.78 Å². The van der Waals surface area contributed by atoms with Crippen LogP contribution in [-0.2, 0) is 4.79 Å². The van der Waals surface area contributed by atoms with Gasteiger partial charge in [-0.15, -0.1) is 0 Å². The van der Waals surface area contributed by atoms with Gasteiger partial charge in [0, 0.05) is 18.4 Å². The first kappa shape index (κ1) is 24.1. The Kier molecular flexibility index (Phi) is 5.10. The van der Waals surface area contributed by atoms with Crippen LogP contribution in [0.15, 0.2) is 12.2 Å². The van der Waals surface area contributed by atoms with Gasteiger partial charge >= 0.3 is 0 Å². The minimum atomic E-state index is -0.195. The van der Waals surface area contributed by atoms with Crippen LogP contribution in [0.3, 0.4) is 0 Å². The molecule has 5 fully saturated rings. The molecule has 4 unspecified atom stereocenters. The first-order valence-corrected chi connectivity index (χ1v) is 14.0. The Hall–Kier alpha value is -0.630. The van der Waals surface area contributed by atoms with Crippen molar-refractivity contribution < 1.29 is 9.90 Å². The van der Waals surface area contributed by atoms with E-state index in [-0.39, 0.29) is 27.1 Å². The fraction of sp³-hybridized carbons (Fsp3) is 0.903. The lowest BCUT2D eigenvalue weighted by Gasteiger charge is -2.73. The van der Waals surface area contributed by atoms with Gasteiger partial charge in [0.2, 0.25) is 0 Å². The topological polar surface area (TPSA) is 37.3 Å². The number of carbonyl (C=O) groups excluding carboxylic acids is 1. The second kappa shape index (κ2) is 6.98. The third kappa shape index (κ3) is 2.91. The van der Waals surface area contributed by atoms with E-state index in [0.29, 0.717) is 41.5 Å². The Morgan fingerprint density at radius 2 is 1.55 bits per heavy atom. The van der Waals surface area contributed by atoms with Crippen molar-refractivity contribution in [3.63, 3.8) is 0 Å². The Morgan fingerprint density at radius 3 is 2.21 bits per heavy atom. The summed E-state index contributed by atoms with van der Waals surface area (Å²) in [5, 5.41) is 10.7. The van der Waals surface area contributed by atoms with E-state index < -0.39 is 0 Å². The monoisotopic (exact) mass is 454 g/mol. The lowest BCUT2D eigenvalue weighted by Crippen LogP contribution is -2.67. The van der Waals surface area contributed by atoms with E-state index in [1.165, 1.54) is 50.5 Å². The fourth-order valence-corrected chi connectivity index (χ4v) is 11.1. The first-order valence-electron chi connectivity index (χ1n) is 14.0. The molecule has 8 atom stereocenters. The number of rotatable bonds is 1. The Balaban J connectivity index is 1.58. The number of fused-ring (bicyclic) bond motifs is 7. The van der Waals surface area contributed by atoms with Gasteiger partial charge in [-0.25, -0.2) is 0 Å². The van der Waals surface area contributed by atoms with Crippen LogP contribution in [0.5, 0.6) is 0 Å². The third-order valence-electron chi connectivity index (χ3n) is 13.4. The summed E-state index contributed by atoms with van der Waals surface area (Å²) < 4.78 is 0. The van der Waals surface area contributed by atoms with Crippen molar-refractivity contribution in [2.45, 2.75) is 113 Å². The van der Waals surface area contributed by atoms with Crippen LogP contribution in [-0.4, -0.2) is 17.5 Å². The maximum absolute atomic E-state index is 13.0. The van der Waals surface area contributed by atoms with Gasteiger partial charge in [-0.2, -0.15) is 0 Å². The number of hydrogen-bond donors (Lipinski definition) is 1. The lowest BCUT2D eigenvalue weighted by molar-refractivity contribution is -0.229. The van der Waals surface area contributed by atoms with E-state index in [1.54, 1.807) is 0 Å². The molecular weight excluding hydrogens is 404 g/mol. The molecule has 5 aliphatic carbocycles. The minimum absolute atomic E-state index is 0.103. The normalized spacial score (nSPS) is 52.8. The second-order valence-corrected chi connectivity index (χ2v) is 15.5. The molecule has 0 aromatic carbocycles. The molecule has 0 spiro atoms. The molecule has 5 rings (SSSR count). The minimum Gasteiger partial charge on any atom is -0.396 e. The van der Waals surface area contributed by atoms with Gasteiger partial charge in [-0.1, -0.05) is 60.6 Å². The molecule has 0 aromatic rings. The molecule has 1 N–H and O–H groups in total. The predicted molar refractivity (Wildman–Crippen MR) is 136 cm³/mol. The van der Waals surface area contributed by atoms with Gasteiger partial charge in [-0.05, 0) is 109 Å². The summed E-state index contributed by atoms with van der Waals surface area (Å²) in [6.45, 7) is 22.4. The van der Waals surface area contributed by atoms with Crippen LogP contribution in [0.25, 0.3) is 0 Å². The molecule has 2 nitrogen and oxygen atoms in total. The average Bonchev–Trinajstić information content (AvgIpc) is 2.72. The van der Waals surface area contributed by atoms with Crippen LogP contribution in [0, 0.1) is 56.2 Å². The Labute approximate surface area is 203 Å². The molecule has 33 heavy (non-hydrogen) atoms. The number of hydrogen-bond acceptors (Lipinski definition) is 2. The smallest absolute Gasteiger partial charge is 0.138 e. The number of allylic oxidation sites excluding steroid dienone is 1. The molecule has 186 valence electrons. The SMILES string of the molecule is C=C1CC2[C@@]3(C)CCC(=O)C(C)(C)C3CC[C@@]2(C)[C@]2(C)CC[C@@]3(CO)CCC(C)(C)CC3C12. The van der Waals surface area contributed by atoms with E-state index >= 15 is 0 Å². The zero-order valence-electron chi connectivity index (χ0n) is 22.7. The molecule has 5 aliphatic rings. The molecule has 0 aromatic heterocycles. The van der Waals surface area contributed by atoms with Gasteiger partial charge < -0.3 is 5.11 Å². The number of aliphatic hydroxyl groups is 1. The van der Waals surface area contributed by atoms with Crippen LogP contribution >= 0.6 is 0 Å². The predicted octanol–water partition coefficient (Wildman–Crippen LogP) is 7.60. The van der Waals surface area contributed by atoms with E-state index in [1.807, 2.05) is 0 Å². The highest BCUT2D eigenvalue weighted by molar-refractivity contribution is 5.85. The van der Waals surface area contributed by atoms with Crippen LogP contribution in [0.4, 0.5) is 0 Å². The zero-order valence-corrected chi connectivity index (χ0v) is 22.7.